The van der Waals surface area contributed by atoms with Crippen molar-refractivity contribution in [3.63, 3.8) is 0 Å². The standard InChI is InChI=1S/C53H94N4O33/c1-43(58)48(44(2)59)18-47(62)19-54-52(65)21-56-53(66)20-55-50(63)10-11-51(64)57-49(45(3)60)9-7-5-6-8-46(61)12-13-68-16-17-70-23-72-25-74-27-76-29-78-31-80-33-82-35-84-37-86-39-88-41-90-42-89-40-87-38-85-36-83-34-81-32-79-30-77-28-75-26-73-24-71-22-69-15-14-67-4/h48-49H,5-42H2,1-4H3,(H,54,65)(H,55,63)(H,56,66)(H,57,64). The molecule has 524 valence electrons. The average molecular weight is 1320 g/mol. The lowest BCUT2D eigenvalue weighted by Gasteiger charge is -2.16. The number of Topliss-reactive ketones (excluding diaryl/α,β-unsaturated/α-hetero) is 5. The summed E-state index contributed by atoms with van der Waals surface area (Å²) in [6, 6.07) is -0.766. The van der Waals surface area contributed by atoms with Crippen molar-refractivity contribution >= 4 is 52.5 Å². The summed E-state index contributed by atoms with van der Waals surface area (Å²) in [5.74, 6) is -5.34. The Bertz CT molecular complexity index is 1810. The highest BCUT2D eigenvalue weighted by Crippen LogP contribution is 2.10. The zero-order valence-electron chi connectivity index (χ0n) is 52.0. The first-order valence-electron chi connectivity index (χ1n) is 28.2. The molecule has 0 radical (unpaired) electrons. The van der Waals surface area contributed by atoms with Gasteiger partial charge in [0.25, 0.3) is 0 Å². The molecule has 0 heterocycles. The molecule has 0 aliphatic rings. The van der Waals surface area contributed by atoms with Gasteiger partial charge in [-0.05, 0) is 33.6 Å². The number of ether oxygens (including phenoxy) is 24. The molecule has 4 amide bonds. The van der Waals surface area contributed by atoms with E-state index < -0.39 is 72.6 Å². The van der Waals surface area contributed by atoms with Crippen LogP contribution in [0.5, 0.6) is 0 Å². The zero-order valence-corrected chi connectivity index (χ0v) is 52.0. The monoisotopic (exact) mass is 1310 g/mol. The number of carbonyl (C=O) groups is 9. The summed E-state index contributed by atoms with van der Waals surface area (Å²) in [4.78, 5) is 108. The molecule has 37 nitrogen and oxygen atoms in total. The van der Waals surface area contributed by atoms with E-state index in [0.29, 0.717) is 45.3 Å². The fourth-order valence-electron chi connectivity index (χ4n) is 6.07. The van der Waals surface area contributed by atoms with Crippen LogP contribution < -0.4 is 21.3 Å². The highest BCUT2D eigenvalue weighted by Gasteiger charge is 2.23. The lowest BCUT2D eigenvalue weighted by atomic mass is 9.95. The summed E-state index contributed by atoms with van der Waals surface area (Å²) < 4.78 is 122. The van der Waals surface area contributed by atoms with Crippen LogP contribution in [0.25, 0.3) is 0 Å². The predicted molar refractivity (Wildman–Crippen MR) is 297 cm³/mol. The van der Waals surface area contributed by atoms with Gasteiger partial charge in [0, 0.05) is 39.2 Å². The van der Waals surface area contributed by atoms with Crippen molar-refractivity contribution in [1.82, 2.24) is 21.3 Å². The molecule has 0 spiro atoms. The fraction of sp³-hybridized carbons (Fsp3) is 0.830. The van der Waals surface area contributed by atoms with Crippen LogP contribution in [-0.4, -0.2) is 261 Å². The number of rotatable bonds is 72. The Balaban J connectivity index is 3.47. The van der Waals surface area contributed by atoms with Crippen LogP contribution in [0.1, 0.15) is 78.6 Å². The Morgan fingerprint density at radius 1 is 0.289 bits per heavy atom. The van der Waals surface area contributed by atoms with Gasteiger partial charge in [0.1, 0.15) is 30.9 Å². The molecule has 1 unspecified atom stereocenters. The first-order chi connectivity index (χ1) is 43.8. The lowest BCUT2D eigenvalue weighted by Crippen LogP contribution is -2.43. The molecule has 0 saturated heterocycles. The van der Waals surface area contributed by atoms with Crippen LogP contribution in [-0.2, 0) is 157 Å². The molecule has 0 aliphatic heterocycles. The molecule has 0 aliphatic carbocycles. The van der Waals surface area contributed by atoms with Gasteiger partial charge >= 0.3 is 0 Å². The maximum atomic E-state index is 12.5. The second kappa shape index (κ2) is 65.8. The van der Waals surface area contributed by atoms with Crippen LogP contribution in [0.4, 0.5) is 0 Å². The molecule has 0 saturated carbocycles. The average Bonchev–Trinajstić information content (AvgIpc) is 3.72. The summed E-state index contributed by atoms with van der Waals surface area (Å²) in [6.45, 7) is 2.33. The summed E-state index contributed by atoms with van der Waals surface area (Å²) >= 11 is 0. The van der Waals surface area contributed by atoms with Crippen molar-refractivity contribution in [2.24, 2.45) is 5.92 Å². The van der Waals surface area contributed by atoms with Gasteiger partial charge in [-0.3, -0.25) is 43.2 Å². The lowest BCUT2D eigenvalue weighted by molar-refractivity contribution is -0.242. The van der Waals surface area contributed by atoms with Crippen LogP contribution >= 0.6 is 0 Å². The number of hydrogen-bond donors (Lipinski definition) is 4. The van der Waals surface area contributed by atoms with E-state index in [9.17, 15) is 43.2 Å². The van der Waals surface area contributed by atoms with Crippen molar-refractivity contribution < 1.29 is 157 Å². The molecule has 0 fully saturated rings. The molecule has 37 heteroatoms. The molecule has 0 aromatic carbocycles. The number of amides is 4. The highest BCUT2D eigenvalue weighted by atomic mass is 16.9. The summed E-state index contributed by atoms with van der Waals surface area (Å²) in [5.41, 5.74) is 0. The third kappa shape index (κ3) is 62.1. The van der Waals surface area contributed by atoms with E-state index in [1.165, 1.54) is 20.8 Å². The number of carbonyl (C=O) groups excluding carboxylic acids is 9. The van der Waals surface area contributed by atoms with Crippen molar-refractivity contribution in [3.8, 4) is 0 Å². The van der Waals surface area contributed by atoms with E-state index >= 15 is 0 Å². The molecule has 1 atom stereocenters. The van der Waals surface area contributed by atoms with Crippen molar-refractivity contribution in [2.75, 3.05) is 202 Å². The molecule has 0 bridgehead atoms. The van der Waals surface area contributed by atoms with E-state index in [1.54, 1.807) is 7.11 Å². The van der Waals surface area contributed by atoms with Gasteiger partial charge in [-0.2, -0.15) is 0 Å². The summed E-state index contributed by atoms with van der Waals surface area (Å²) in [6.07, 6.45) is 1.84. The number of hydrogen-bond acceptors (Lipinski definition) is 33. The molecule has 0 aromatic heterocycles. The molecule has 0 aromatic rings. The van der Waals surface area contributed by atoms with Gasteiger partial charge in [-0.15, -0.1) is 0 Å². The van der Waals surface area contributed by atoms with Gasteiger partial charge in [0.15, 0.2) is 141 Å². The van der Waals surface area contributed by atoms with E-state index in [-0.39, 0.29) is 200 Å². The molecule has 0 rings (SSSR count). The number of unbranched alkanes of at least 4 members (excludes halogenated alkanes) is 2. The topological polar surface area (TPSA) is 423 Å². The number of nitrogens with one attached hydrogen (secondary N) is 4. The minimum Gasteiger partial charge on any atom is -0.382 e. The Kier molecular flexibility index (Phi) is 62.3. The van der Waals surface area contributed by atoms with Crippen LogP contribution in [0.15, 0.2) is 0 Å². The largest absolute Gasteiger partial charge is 0.382 e. The quantitative estimate of drug-likeness (QED) is 0.0322. The van der Waals surface area contributed by atoms with Gasteiger partial charge < -0.3 is 135 Å². The first-order valence-corrected chi connectivity index (χ1v) is 28.2. The van der Waals surface area contributed by atoms with Gasteiger partial charge in [0.2, 0.25) is 23.6 Å². The second-order valence-corrected chi connectivity index (χ2v) is 17.9. The Morgan fingerprint density at radius 3 is 0.967 bits per heavy atom. The van der Waals surface area contributed by atoms with Gasteiger partial charge in [0.05, 0.1) is 64.6 Å². The SMILES string of the molecule is COCCOCOCOCOCOCOCOCOCOCOCOCOCOCOCOCOCOCOCOCOCOCOCCOCCC(=O)CCCCCC(NC(=O)CCC(=O)NCC(=O)NCC(=O)NCC(=O)CC(C(C)=O)C(C)=O)C(C)=O. The van der Waals surface area contributed by atoms with E-state index in [0.717, 1.165) is 0 Å². The zero-order chi connectivity index (χ0) is 66.0. The first kappa shape index (κ1) is 85.3. The van der Waals surface area contributed by atoms with Crippen LogP contribution in [0.3, 0.4) is 0 Å². The minimum atomic E-state index is -1.08. The van der Waals surface area contributed by atoms with E-state index in [2.05, 4.69) is 21.3 Å². The fourth-order valence-corrected chi connectivity index (χ4v) is 6.07. The maximum Gasteiger partial charge on any atom is 0.239 e. The van der Waals surface area contributed by atoms with Gasteiger partial charge in [-0.1, -0.05) is 12.8 Å². The maximum absolute atomic E-state index is 12.5. The summed E-state index contributed by atoms with van der Waals surface area (Å²) in [7, 11) is 1.58. The van der Waals surface area contributed by atoms with E-state index in [1.807, 2.05) is 0 Å². The number of methoxy groups -OCH3 is 1. The van der Waals surface area contributed by atoms with Gasteiger partial charge in [-0.25, -0.2) is 0 Å². The van der Waals surface area contributed by atoms with Crippen molar-refractivity contribution in [2.45, 2.75) is 84.6 Å². The Labute approximate surface area is 522 Å². The molecular formula is C53H94N4O33. The molecular weight excluding hydrogens is 1220 g/mol. The van der Waals surface area contributed by atoms with Crippen molar-refractivity contribution in [3.05, 3.63) is 0 Å². The molecule has 90 heavy (non-hydrogen) atoms. The van der Waals surface area contributed by atoms with Crippen LogP contribution in [0, 0.1) is 5.92 Å². The third-order valence-electron chi connectivity index (χ3n) is 10.5. The second-order valence-electron chi connectivity index (χ2n) is 17.9. The highest BCUT2D eigenvalue weighted by molar-refractivity contribution is 6.04. The predicted octanol–water partition coefficient (Wildman–Crippen LogP) is -1.01. The van der Waals surface area contributed by atoms with E-state index in [4.69, 9.17) is 114 Å². The normalized spacial score (nSPS) is 11.7. The number of ketones is 5. The molecule has 4 N–H and O–H groups in total. The Morgan fingerprint density at radius 2 is 0.611 bits per heavy atom. The smallest absolute Gasteiger partial charge is 0.239 e. The summed E-state index contributed by atoms with van der Waals surface area (Å²) in [5, 5.41) is 9.47. The Hall–Kier alpha value is -4.73. The third-order valence-corrected chi connectivity index (χ3v) is 10.5. The minimum absolute atomic E-state index is 0.0112. The van der Waals surface area contributed by atoms with Crippen molar-refractivity contribution in [1.29, 1.82) is 0 Å². The van der Waals surface area contributed by atoms with Crippen LogP contribution in [0.2, 0.25) is 0 Å².